The van der Waals surface area contributed by atoms with Gasteiger partial charge in [-0.05, 0) is 6.92 Å². The van der Waals surface area contributed by atoms with E-state index in [1.54, 1.807) is 14.1 Å². The lowest BCUT2D eigenvalue weighted by Gasteiger charge is -2.11. The monoisotopic (exact) mass is 145 g/mol. The van der Waals surface area contributed by atoms with Gasteiger partial charge in [0, 0.05) is 14.1 Å². The summed E-state index contributed by atoms with van der Waals surface area (Å²) in [6.07, 6.45) is 0. The Morgan fingerprint density at radius 3 is 1.80 bits per heavy atom. The van der Waals surface area contributed by atoms with Gasteiger partial charge in [-0.3, -0.25) is 0 Å². The summed E-state index contributed by atoms with van der Waals surface area (Å²) in [6, 6.07) is 0. The minimum absolute atomic E-state index is 0.238. The summed E-state index contributed by atoms with van der Waals surface area (Å²) in [5.74, 6) is 0.238. The van der Waals surface area contributed by atoms with E-state index in [-0.39, 0.29) is 11.5 Å². The molecule has 0 atom stereocenters. The molecule has 10 heavy (non-hydrogen) atoms. The fourth-order valence-electron chi connectivity index (χ4n) is 0.530. The largest absolute Gasteiger partial charge is 0.411 e. The van der Waals surface area contributed by atoms with Crippen molar-refractivity contribution in [2.24, 2.45) is 10.3 Å². The number of nitrogens with zero attached hydrogens (tertiary/aromatic N) is 3. The van der Waals surface area contributed by atoms with E-state index in [9.17, 15) is 0 Å². The van der Waals surface area contributed by atoms with Gasteiger partial charge in [-0.25, -0.2) is 0 Å². The molecule has 5 heteroatoms. The molecular weight excluding hydrogens is 134 g/mol. The van der Waals surface area contributed by atoms with Crippen molar-refractivity contribution in [3.8, 4) is 0 Å². The summed E-state index contributed by atoms with van der Waals surface area (Å²) >= 11 is 0. The van der Waals surface area contributed by atoms with Crippen LogP contribution in [0.25, 0.3) is 0 Å². The van der Waals surface area contributed by atoms with E-state index >= 15 is 0 Å². The molecule has 0 aliphatic rings. The highest BCUT2D eigenvalue weighted by Crippen LogP contribution is 1.86. The summed E-state index contributed by atoms with van der Waals surface area (Å²) in [6.45, 7) is 1.54. The van der Waals surface area contributed by atoms with Crippen molar-refractivity contribution in [2.45, 2.75) is 6.92 Å². The van der Waals surface area contributed by atoms with Crippen LogP contribution in [0.2, 0.25) is 0 Å². The van der Waals surface area contributed by atoms with Gasteiger partial charge in [-0.2, -0.15) is 0 Å². The van der Waals surface area contributed by atoms with Crippen LogP contribution < -0.4 is 0 Å². The number of oxime groups is 2. The molecule has 0 rings (SSSR count). The van der Waals surface area contributed by atoms with Gasteiger partial charge in [-0.15, -0.1) is 0 Å². The maximum absolute atomic E-state index is 8.35. The molecule has 0 aromatic rings. The summed E-state index contributed by atoms with van der Waals surface area (Å²) in [7, 11) is 3.37. The van der Waals surface area contributed by atoms with Gasteiger partial charge in [0.1, 0.15) is 5.71 Å². The second-order valence-corrected chi connectivity index (χ2v) is 2.00. The Bertz CT molecular complexity index is 162. The first-order chi connectivity index (χ1) is 4.63. The second-order valence-electron chi connectivity index (χ2n) is 2.00. The molecule has 0 saturated carbocycles. The molecule has 0 heterocycles. The van der Waals surface area contributed by atoms with Crippen molar-refractivity contribution in [3.63, 3.8) is 0 Å². The Hall–Kier alpha value is -1.26. The van der Waals surface area contributed by atoms with E-state index in [2.05, 4.69) is 10.3 Å². The van der Waals surface area contributed by atoms with Crippen molar-refractivity contribution in [3.05, 3.63) is 0 Å². The molecule has 0 bridgehead atoms. The smallest absolute Gasteiger partial charge is 0.192 e. The molecule has 0 unspecified atom stereocenters. The first-order valence-corrected chi connectivity index (χ1v) is 2.72. The molecule has 0 aliphatic carbocycles. The standard InChI is InChI=1S/C5H11N3O2/c1-4(6-9)5(7-10)8(2)3/h9-10H,1-3H3/b6-4+,7-5-. The highest BCUT2D eigenvalue weighted by molar-refractivity contribution is 6.39. The van der Waals surface area contributed by atoms with E-state index in [1.165, 1.54) is 11.8 Å². The van der Waals surface area contributed by atoms with Crippen LogP contribution in [0.15, 0.2) is 10.3 Å². The average Bonchev–Trinajstić information content (AvgIpc) is 1.88. The lowest BCUT2D eigenvalue weighted by molar-refractivity contribution is 0.307. The third kappa shape index (κ3) is 1.93. The maximum Gasteiger partial charge on any atom is 0.192 e. The molecule has 0 aromatic carbocycles. The summed E-state index contributed by atoms with van der Waals surface area (Å²) in [4.78, 5) is 1.54. The molecule has 5 nitrogen and oxygen atoms in total. The van der Waals surface area contributed by atoms with Crippen LogP contribution in [0.3, 0.4) is 0 Å². The van der Waals surface area contributed by atoms with Gasteiger partial charge in [0.2, 0.25) is 0 Å². The normalized spacial score (nSPS) is 13.5. The molecule has 0 fully saturated rings. The Morgan fingerprint density at radius 1 is 1.20 bits per heavy atom. The summed E-state index contributed by atoms with van der Waals surface area (Å²) < 4.78 is 0. The molecule has 2 N–H and O–H groups in total. The second kappa shape index (κ2) is 3.71. The predicted octanol–water partition coefficient (Wildman–Crippen LogP) is 0.186. The molecule has 58 valence electrons. The highest BCUT2D eigenvalue weighted by atomic mass is 16.4. The quantitative estimate of drug-likeness (QED) is 0.239. The number of hydrogen-bond acceptors (Lipinski definition) is 4. The zero-order valence-corrected chi connectivity index (χ0v) is 6.24. The lowest BCUT2D eigenvalue weighted by Crippen LogP contribution is -2.28. The average molecular weight is 145 g/mol. The van der Waals surface area contributed by atoms with Crippen LogP contribution in [0.5, 0.6) is 0 Å². The van der Waals surface area contributed by atoms with Crippen LogP contribution in [-0.2, 0) is 0 Å². The zero-order valence-electron chi connectivity index (χ0n) is 6.24. The fraction of sp³-hybridized carbons (Fsp3) is 0.600. The van der Waals surface area contributed by atoms with Crippen LogP contribution in [0.1, 0.15) is 6.92 Å². The summed E-state index contributed by atoms with van der Waals surface area (Å²) in [5.41, 5.74) is 0.271. The SMILES string of the molecule is CC(=N\O)/C(=N/O)N(C)C. The minimum Gasteiger partial charge on any atom is -0.411 e. The van der Waals surface area contributed by atoms with Crippen molar-refractivity contribution < 1.29 is 10.4 Å². The molecule has 0 saturated heterocycles. The van der Waals surface area contributed by atoms with E-state index in [0.717, 1.165) is 0 Å². The number of amidine groups is 1. The van der Waals surface area contributed by atoms with Crippen molar-refractivity contribution in [1.82, 2.24) is 4.90 Å². The van der Waals surface area contributed by atoms with E-state index < -0.39 is 0 Å². The summed E-state index contributed by atoms with van der Waals surface area (Å²) in [5, 5.41) is 22.4. The number of hydrogen-bond donors (Lipinski definition) is 2. The van der Waals surface area contributed by atoms with E-state index in [0.29, 0.717) is 0 Å². The first-order valence-electron chi connectivity index (χ1n) is 2.72. The van der Waals surface area contributed by atoms with Gasteiger partial charge in [-0.1, -0.05) is 10.3 Å². The van der Waals surface area contributed by atoms with Gasteiger partial charge >= 0.3 is 0 Å². The molecule has 0 radical (unpaired) electrons. The van der Waals surface area contributed by atoms with E-state index in [1.807, 2.05) is 0 Å². The fourth-order valence-corrected chi connectivity index (χ4v) is 0.530. The van der Waals surface area contributed by atoms with Gasteiger partial charge in [0.25, 0.3) is 0 Å². The topological polar surface area (TPSA) is 68.4 Å². The Labute approximate surface area is 59.2 Å². The van der Waals surface area contributed by atoms with Crippen molar-refractivity contribution >= 4 is 11.5 Å². The number of rotatable bonds is 1. The van der Waals surface area contributed by atoms with Gasteiger partial charge < -0.3 is 15.3 Å². The Morgan fingerprint density at radius 2 is 1.70 bits per heavy atom. The van der Waals surface area contributed by atoms with Crippen LogP contribution in [0, 0.1) is 0 Å². The van der Waals surface area contributed by atoms with Crippen LogP contribution in [0.4, 0.5) is 0 Å². The third-order valence-corrected chi connectivity index (χ3v) is 0.992. The van der Waals surface area contributed by atoms with Crippen molar-refractivity contribution in [2.75, 3.05) is 14.1 Å². The predicted molar refractivity (Wildman–Crippen MR) is 37.8 cm³/mol. The Kier molecular flexibility index (Phi) is 3.24. The highest BCUT2D eigenvalue weighted by Gasteiger charge is 2.05. The van der Waals surface area contributed by atoms with Crippen LogP contribution in [-0.4, -0.2) is 41.0 Å². The Balaban J connectivity index is 4.39. The molecule has 0 amide bonds. The van der Waals surface area contributed by atoms with Crippen LogP contribution >= 0.6 is 0 Å². The maximum atomic E-state index is 8.35. The molecular formula is C5H11N3O2. The van der Waals surface area contributed by atoms with E-state index in [4.69, 9.17) is 10.4 Å². The minimum atomic E-state index is 0.238. The van der Waals surface area contributed by atoms with Gasteiger partial charge in [0.05, 0.1) is 0 Å². The molecule has 0 aromatic heterocycles. The third-order valence-electron chi connectivity index (χ3n) is 0.992. The molecule has 0 spiro atoms. The first kappa shape index (κ1) is 8.74. The van der Waals surface area contributed by atoms with Crippen molar-refractivity contribution in [1.29, 1.82) is 0 Å². The van der Waals surface area contributed by atoms with Gasteiger partial charge in [0.15, 0.2) is 5.84 Å². The lowest BCUT2D eigenvalue weighted by atomic mass is 10.4. The zero-order chi connectivity index (χ0) is 8.15. The molecule has 0 aliphatic heterocycles.